The third-order valence-electron chi connectivity index (χ3n) is 1.76. The lowest BCUT2D eigenvalue weighted by Crippen LogP contribution is -2.03. The average molecular weight is 220 g/mol. The largest absolute Gasteiger partial charge is 0.330 e. The second-order valence-corrected chi connectivity index (χ2v) is 4.29. The third-order valence-corrected chi connectivity index (χ3v) is 3.26. The van der Waals surface area contributed by atoms with Gasteiger partial charge in [0, 0.05) is 25.1 Å². The van der Waals surface area contributed by atoms with Crippen LogP contribution >= 0.6 is 23.4 Å². The Kier molecular flexibility index (Phi) is 4.09. The summed E-state index contributed by atoms with van der Waals surface area (Å²) in [5, 5.41) is 5.01. The van der Waals surface area contributed by atoms with Crippen molar-refractivity contribution >= 4 is 23.4 Å². The summed E-state index contributed by atoms with van der Waals surface area (Å²) in [5.74, 6) is 1.84. The van der Waals surface area contributed by atoms with Crippen LogP contribution in [-0.2, 0) is 12.8 Å². The van der Waals surface area contributed by atoms with Crippen LogP contribution in [0.2, 0.25) is 5.02 Å². The molecule has 1 heterocycles. The average Bonchev–Trinajstić information content (AvgIpc) is 2.32. The quantitative estimate of drug-likeness (QED) is 0.782. The van der Waals surface area contributed by atoms with Crippen LogP contribution in [0.15, 0.2) is 0 Å². The van der Waals surface area contributed by atoms with Crippen molar-refractivity contribution < 1.29 is 0 Å². The van der Waals surface area contributed by atoms with Gasteiger partial charge in [-0.2, -0.15) is 16.9 Å². The Morgan fingerprint density at radius 1 is 1.62 bits per heavy atom. The summed E-state index contributed by atoms with van der Waals surface area (Å²) in [6.45, 7) is 2.62. The predicted octanol–water partition coefficient (Wildman–Crippen LogP) is 1.57. The Morgan fingerprint density at radius 2 is 2.31 bits per heavy atom. The number of hydrogen-bond acceptors (Lipinski definition) is 3. The Balaban J connectivity index is 2.64. The molecule has 0 aliphatic rings. The molecule has 74 valence electrons. The maximum Gasteiger partial charge on any atom is 0.0855 e. The van der Waals surface area contributed by atoms with E-state index in [0.29, 0.717) is 6.54 Å². The number of aromatic nitrogens is 2. The van der Waals surface area contributed by atoms with Crippen LogP contribution in [0.3, 0.4) is 0 Å². The molecule has 0 aliphatic heterocycles. The van der Waals surface area contributed by atoms with Crippen LogP contribution in [0.1, 0.15) is 11.4 Å². The normalized spacial score (nSPS) is 10.8. The molecule has 0 radical (unpaired) electrons. The van der Waals surface area contributed by atoms with E-state index in [4.69, 9.17) is 17.3 Å². The van der Waals surface area contributed by atoms with E-state index in [0.717, 1.165) is 27.9 Å². The second-order valence-electron chi connectivity index (χ2n) is 2.81. The van der Waals surface area contributed by atoms with Crippen molar-refractivity contribution in [2.45, 2.75) is 12.7 Å². The zero-order valence-electron chi connectivity index (χ0n) is 7.88. The van der Waals surface area contributed by atoms with Crippen molar-refractivity contribution in [1.82, 2.24) is 9.78 Å². The highest BCUT2D eigenvalue weighted by atomic mass is 35.5. The van der Waals surface area contributed by atoms with Crippen molar-refractivity contribution in [1.29, 1.82) is 0 Å². The highest BCUT2D eigenvalue weighted by Gasteiger charge is 2.09. The van der Waals surface area contributed by atoms with Crippen molar-refractivity contribution in [2.24, 2.45) is 12.8 Å². The monoisotopic (exact) mass is 219 g/mol. The lowest BCUT2D eigenvalue weighted by atomic mass is 10.4. The molecular formula is C8H14ClN3S. The van der Waals surface area contributed by atoms with Crippen LogP contribution in [0.25, 0.3) is 0 Å². The molecule has 1 aromatic rings. The molecule has 0 aromatic carbocycles. The highest BCUT2D eigenvalue weighted by Crippen LogP contribution is 2.23. The molecule has 1 rings (SSSR count). The van der Waals surface area contributed by atoms with E-state index in [1.54, 1.807) is 11.8 Å². The van der Waals surface area contributed by atoms with Gasteiger partial charge in [-0.15, -0.1) is 0 Å². The van der Waals surface area contributed by atoms with Gasteiger partial charge in [0.2, 0.25) is 0 Å². The van der Waals surface area contributed by atoms with Gasteiger partial charge in [-0.3, -0.25) is 4.68 Å². The zero-order chi connectivity index (χ0) is 9.84. The van der Waals surface area contributed by atoms with E-state index in [-0.39, 0.29) is 0 Å². The lowest BCUT2D eigenvalue weighted by molar-refractivity contribution is 0.727. The first-order chi connectivity index (χ1) is 6.16. The third kappa shape index (κ3) is 2.62. The molecule has 0 saturated heterocycles. The van der Waals surface area contributed by atoms with Gasteiger partial charge in [-0.05, 0) is 6.92 Å². The first-order valence-electron chi connectivity index (χ1n) is 4.12. The number of aryl methyl sites for hydroxylation is 2. The van der Waals surface area contributed by atoms with Crippen LogP contribution in [0.5, 0.6) is 0 Å². The Labute approximate surface area is 87.6 Å². The number of nitrogens with two attached hydrogens (primary N) is 1. The van der Waals surface area contributed by atoms with Crippen LogP contribution in [-0.4, -0.2) is 22.1 Å². The Hall–Kier alpha value is -0.190. The minimum absolute atomic E-state index is 0.707. The molecule has 0 saturated carbocycles. The van der Waals surface area contributed by atoms with Crippen molar-refractivity contribution in [2.75, 3.05) is 12.3 Å². The first kappa shape index (κ1) is 10.9. The van der Waals surface area contributed by atoms with Gasteiger partial charge in [0.05, 0.1) is 16.4 Å². The van der Waals surface area contributed by atoms with Gasteiger partial charge in [0.15, 0.2) is 0 Å². The van der Waals surface area contributed by atoms with Crippen LogP contribution in [0.4, 0.5) is 0 Å². The summed E-state index contributed by atoms with van der Waals surface area (Å²) in [7, 11) is 1.91. The van der Waals surface area contributed by atoms with Crippen molar-refractivity contribution in [3.63, 3.8) is 0 Å². The van der Waals surface area contributed by atoms with Gasteiger partial charge in [-0.1, -0.05) is 11.6 Å². The summed E-state index contributed by atoms with van der Waals surface area (Å²) in [5.41, 5.74) is 7.37. The molecule has 0 fully saturated rings. The maximum atomic E-state index is 6.07. The number of halogens is 1. The summed E-state index contributed by atoms with van der Waals surface area (Å²) < 4.78 is 1.83. The minimum atomic E-state index is 0.707. The standard InChI is InChI=1S/C8H14ClN3S/c1-6-8(9)7(12(2)11-6)5-13-4-3-10/h3-5,10H2,1-2H3. The number of nitrogens with zero attached hydrogens (tertiary/aromatic N) is 2. The smallest absolute Gasteiger partial charge is 0.0855 e. The molecule has 0 spiro atoms. The van der Waals surface area contributed by atoms with E-state index >= 15 is 0 Å². The second kappa shape index (κ2) is 4.88. The summed E-state index contributed by atoms with van der Waals surface area (Å²) in [6, 6.07) is 0. The van der Waals surface area contributed by atoms with Gasteiger partial charge < -0.3 is 5.73 Å². The molecule has 0 aliphatic carbocycles. The number of thioether (sulfide) groups is 1. The Bertz CT molecular complexity index is 285. The first-order valence-corrected chi connectivity index (χ1v) is 5.66. The molecule has 0 bridgehead atoms. The highest BCUT2D eigenvalue weighted by molar-refractivity contribution is 7.98. The van der Waals surface area contributed by atoms with Gasteiger partial charge in [-0.25, -0.2) is 0 Å². The fourth-order valence-electron chi connectivity index (χ4n) is 1.09. The fourth-order valence-corrected chi connectivity index (χ4v) is 2.23. The SMILES string of the molecule is Cc1nn(C)c(CSCCN)c1Cl. The maximum absolute atomic E-state index is 6.07. The molecule has 0 atom stereocenters. The number of hydrogen-bond donors (Lipinski definition) is 1. The molecule has 0 amide bonds. The van der Waals surface area contributed by atoms with Crippen molar-refractivity contribution in [3.8, 4) is 0 Å². The summed E-state index contributed by atoms with van der Waals surface area (Å²) in [4.78, 5) is 0. The Morgan fingerprint density at radius 3 is 2.77 bits per heavy atom. The number of rotatable bonds is 4. The molecule has 1 aromatic heterocycles. The van der Waals surface area contributed by atoms with E-state index < -0.39 is 0 Å². The molecule has 2 N–H and O–H groups in total. The van der Waals surface area contributed by atoms with Gasteiger partial charge in [0.25, 0.3) is 0 Å². The molecule has 0 unspecified atom stereocenters. The molecule has 13 heavy (non-hydrogen) atoms. The molecule has 3 nitrogen and oxygen atoms in total. The van der Waals surface area contributed by atoms with Crippen LogP contribution < -0.4 is 5.73 Å². The summed E-state index contributed by atoms with van der Waals surface area (Å²) in [6.07, 6.45) is 0. The molecular weight excluding hydrogens is 206 g/mol. The van der Waals surface area contributed by atoms with E-state index in [1.807, 2.05) is 18.7 Å². The predicted molar refractivity (Wildman–Crippen MR) is 58.2 cm³/mol. The topological polar surface area (TPSA) is 43.8 Å². The van der Waals surface area contributed by atoms with Gasteiger partial charge >= 0.3 is 0 Å². The molecule has 5 heteroatoms. The lowest BCUT2D eigenvalue weighted by Gasteiger charge is -2.01. The van der Waals surface area contributed by atoms with E-state index in [2.05, 4.69) is 5.10 Å². The van der Waals surface area contributed by atoms with Gasteiger partial charge in [0.1, 0.15) is 0 Å². The van der Waals surface area contributed by atoms with Crippen LogP contribution in [0, 0.1) is 6.92 Å². The zero-order valence-corrected chi connectivity index (χ0v) is 9.45. The van der Waals surface area contributed by atoms with E-state index in [1.165, 1.54) is 0 Å². The van der Waals surface area contributed by atoms with Crippen molar-refractivity contribution in [3.05, 3.63) is 16.4 Å². The minimum Gasteiger partial charge on any atom is -0.330 e. The fraction of sp³-hybridized carbons (Fsp3) is 0.625. The summed E-state index contributed by atoms with van der Waals surface area (Å²) >= 11 is 7.84. The van der Waals surface area contributed by atoms with E-state index in [9.17, 15) is 0 Å².